The molecule has 0 amide bonds. The molecule has 0 unspecified atom stereocenters. The van der Waals surface area contributed by atoms with Crippen LogP contribution >= 0.6 is 22.9 Å². The van der Waals surface area contributed by atoms with Crippen LogP contribution < -0.4 is 0 Å². The van der Waals surface area contributed by atoms with E-state index in [4.69, 9.17) is 11.6 Å². The highest BCUT2D eigenvalue weighted by atomic mass is 35.5. The van der Waals surface area contributed by atoms with Crippen molar-refractivity contribution in [1.82, 2.24) is 4.98 Å². The molecule has 0 spiro atoms. The average Bonchev–Trinajstić information content (AvgIpc) is 2.65. The average molecular weight is 252 g/mol. The number of pyridine rings is 1. The SMILES string of the molecule is O=C(Cc1ccncc1)Cc1ccc(Cl)s1. The minimum Gasteiger partial charge on any atom is -0.299 e. The number of nitrogens with zero attached hydrogens (tertiary/aromatic N) is 1. The molecule has 0 aliphatic heterocycles. The molecule has 0 saturated carbocycles. The zero-order valence-corrected chi connectivity index (χ0v) is 10.1. The lowest BCUT2D eigenvalue weighted by molar-refractivity contribution is -0.117. The highest BCUT2D eigenvalue weighted by Crippen LogP contribution is 2.22. The fourth-order valence-corrected chi connectivity index (χ4v) is 2.55. The lowest BCUT2D eigenvalue weighted by atomic mass is 10.1. The molecule has 2 aromatic rings. The molecule has 82 valence electrons. The van der Waals surface area contributed by atoms with Gasteiger partial charge in [0.05, 0.1) is 4.34 Å². The molecule has 0 saturated heterocycles. The minimum absolute atomic E-state index is 0.199. The molecule has 0 aliphatic rings. The fourth-order valence-electron chi connectivity index (χ4n) is 1.43. The minimum atomic E-state index is 0.199. The van der Waals surface area contributed by atoms with Gasteiger partial charge < -0.3 is 0 Å². The number of Topliss-reactive ketones (excluding diaryl/α,β-unsaturated/α-hetero) is 1. The first-order valence-corrected chi connectivity index (χ1v) is 6.08. The van der Waals surface area contributed by atoms with Crippen LogP contribution in [0.5, 0.6) is 0 Å². The molecular formula is C12H10ClNOS. The zero-order chi connectivity index (χ0) is 11.4. The molecule has 2 nitrogen and oxygen atoms in total. The Labute approximate surface area is 103 Å². The van der Waals surface area contributed by atoms with Crippen molar-refractivity contribution < 1.29 is 4.79 Å². The lowest BCUT2D eigenvalue weighted by Gasteiger charge is -1.98. The lowest BCUT2D eigenvalue weighted by Crippen LogP contribution is -2.05. The van der Waals surface area contributed by atoms with Gasteiger partial charge in [-0.05, 0) is 29.8 Å². The first-order valence-electron chi connectivity index (χ1n) is 4.89. The van der Waals surface area contributed by atoms with Crippen LogP contribution in [0.3, 0.4) is 0 Å². The number of thiophene rings is 1. The van der Waals surface area contributed by atoms with Crippen molar-refractivity contribution >= 4 is 28.7 Å². The highest BCUT2D eigenvalue weighted by Gasteiger charge is 2.06. The first-order chi connectivity index (χ1) is 7.74. The topological polar surface area (TPSA) is 30.0 Å². The molecule has 0 bridgehead atoms. The van der Waals surface area contributed by atoms with Gasteiger partial charge in [0.1, 0.15) is 5.78 Å². The zero-order valence-electron chi connectivity index (χ0n) is 8.52. The number of ketones is 1. The van der Waals surface area contributed by atoms with Gasteiger partial charge in [0.15, 0.2) is 0 Å². The number of aromatic nitrogens is 1. The van der Waals surface area contributed by atoms with Crippen molar-refractivity contribution in [3.8, 4) is 0 Å². The molecule has 4 heteroatoms. The van der Waals surface area contributed by atoms with Gasteiger partial charge in [-0.3, -0.25) is 9.78 Å². The Hall–Kier alpha value is -1.19. The van der Waals surface area contributed by atoms with Gasteiger partial charge in [-0.25, -0.2) is 0 Å². The Morgan fingerprint density at radius 3 is 2.56 bits per heavy atom. The molecule has 16 heavy (non-hydrogen) atoms. The normalized spacial score (nSPS) is 10.3. The first kappa shape index (κ1) is 11.3. The molecule has 0 aromatic carbocycles. The molecule has 0 aliphatic carbocycles. The quantitative estimate of drug-likeness (QED) is 0.836. The second-order valence-electron chi connectivity index (χ2n) is 3.45. The van der Waals surface area contributed by atoms with E-state index in [0.29, 0.717) is 12.8 Å². The third kappa shape index (κ3) is 3.15. The van der Waals surface area contributed by atoms with Gasteiger partial charge in [0.25, 0.3) is 0 Å². The van der Waals surface area contributed by atoms with Gasteiger partial charge in [0, 0.05) is 30.1 Å². The maximum atomic E-state index is 11.7. The molecular weight excluding hydrogens is 242 g/mol. The summed E-state index contributed by atoms with van der Waals surface area (Å²) in [5.74, 6) is 0.199. The molecule has 0 radical (unpaired) electrons. The van der Waals surface area contributed by atoms with E-state index >= 15 is 0 Å². The van der Waals surface area contributed by atoms with Crippen molar-refractivity contribution in [2.45, 2.75) is 12.8 Å². The van der Waals surface area contributed by atoms with Crippen LogP contribution in [-0.4, -0.2) is 10.8 Å². The smallest absolute Gasteiger partial charge is 0.142 e. The Balaban J connectivity index is 1.95. The third-order valence-electron chi connectivity index (χ3n) is 2.15. The van der Waals surface area contributed by atoms with E-state index in [1.807, 2.05) is 24.3 Å². The van der Waals surface area contributed by atoms with Crippen LogP contribution in [0.15, 0.2) is 36.7 Å². The van der Waals surface area contributed by atoms with Crippen molar-refractivity contribution in [2.24, 2.45) is 0 Å². The summed E-state index contributed by atoms with van der Waals surface area (Å²) in [6.45, 7) is 0. The van der Waals surface area contributed by atoms with Crippen LogP contribution in [-0.2, 0) is 17.6 Å². The molecule has 0 N–H and O–H groups in total. The Bertz CT molecular complexity index is 481. The van der Waals surface area contributed by atoms with Gasteiger partial charge >= 0.3 is 0 Å². The number of hydrogen-bond donors (Lipinski definition) is 0. The van der Waals surface area contributed by atoms with E-state index in [1.165, 1.54) is 11.3 Å². The Morgan fingerprint density at radius 1 is 1.19 bits per heavy atom. The van der Waals surface area contributed by atoms with E-state index in [-0.39, 0.29) is 5.78 Å². The van der Waals surface area contributed by atoms with Crippen molar-refractivity contribution in [3.63, 3.8) is 0 Å². The Kier molecular flexibility index (Phi) is 3.70. The molecule has 2 heterocycles. The highest BCUT2D eigenvalue weighted by molar-refractivity contribution is 7.16. The number of hydrogen-bond acceptors (Lipinski definition) is 3. The van der Waals surface area contributed by atoms with Crippen molar-refractivity contribution in [2.75, 3.05) is 0 Å². The van der Waals surface area contributed by atoms with E-state index in [9.17, 15) is 4.79 Å². The second kappa shape index (κ2) is 5.23. The number of carbonyl (C=O) groups excluding carboxylic acids is 1. The fraction of sp³-hybridized carbons (Fsp3) is 0.167. The Morgan fingerprint density at radius 2 is 1.94 bits per heavy atom. The van der Waals surface area contributed by atoms with Crippen molar-refractivity contribution in [3.05, 3.63) is 51.4 Å². The number of halogens is 1. The second-order valence-corrected chi connectivity index (χ2v) is 5.25. The van der Waals surface area contributed by atoms with Crippen LogP contribution in [0.1, 0.15) is 10.4 Å². The van der Waals surface area contributed by atoms with Gasteiger partial charge in [0.2, 0.25) is 0 Å². The van der Waals surface area contributed by atoms with Gasteiger partial charge in [-0.15, -0.1) is 11.3 Å². The molecule has 2 rings (SSSR count). The van der Waals surface area contributed by atoms with E-state index in [0.717, 1.165) is 14.8 Å². The third-order valence-corrected chi connectivity index (χ3v) is 3.38. The maximum Gasteiger partial charge on any atom is 0.142 e. The summed E-state index contributed by atoms with van der Waals surface area (Å²) in [5.41, 5.74) is 1.00. The molecule has 0 fully saturated rings. The largest absolute Gasteiger partial charge is 0.299 e. The predicted molar refractivity (Wildman–Crippen MR) is 66.0 cm³/mol. The van der Waals surface area contributed by atoms with Crippen LogP contribution in [0.25, 0.3) is 0 Å². The van der Waals surface area contributed by atoms with Crippen molar-refractivity contribution in [1.29, 1.82) is 0 Å². The van der Waals surface area contributed by atoms with Gasteiger partial charge in [-0.1, -0.05) is 11.6 Å². The molecule has 2 aromatic heterocycles. The number of rotatable bonds is 4. The standard InChI is InChI=1S/C12H10ClNOS/c13-12-2-1-11(16-12)8-10(15)7-9-3-5-14-6-4-9/h1-6H,7-8H2. The maximum absolute atomic E-state index is 11.7. The van der Waals surface area contributed by atoms with Crippen LogP contribution in [0, 0.1) is 0 Å². The summed E-state index contributed by atoms with van der Waals surface area (Å²) in [5, 5.41) is 0. The van der Waals surface area contributed by atoms with Crippen LogP contribution in [0.2, 0.25) is 4.34 Å². The summed E-state index contributed by atoms with van der Waals surface area (Å²) >= 11 is 7.26. The summed E-state index contributed by atoms with van der Waals surface area (Å²) in [7, 11) is 0. The summed E-state index contributed by atoms with van der Waals surface area (Å²) in [4.78, 5) is 16.7. The van der Waals surface area contributed by atoms with E-state index in [2.05, 4.69) is 4.98 Å². The van der Waals surface area contributed by atoms with Crippen LogP contribution in [0.4, 0.5) is 0 Å². The van der Waals surface area contributed by atoms with E-state index in [1.54, 1.807) is 12.4 Å². The summed E-state index contributed by atoms with van der Waals surface area (Å²) < 4.78 is 0.728. The molecule has 0 atom stereocenters. The monoisotopic (exact) mass is 251 g/mol. The summed E-state index contributed by atoms with van der Waals surface area (Å²) in [6, 6.07) is 7.44. The van der Waals surface area contributed by atoms with E-state index < -0.39 is 0 Å². The van der Waals surface area contributed by atoms with Gasteiger partial charge in [-0.2, -0.15) is 0 Å². The predicted octanol–water partition coefficient (Wildman–Crippen LogP) is 3.15. The summed E-state index contributed by atoms with van der Waals surface area (Å²) in [6.07, 6.45) is 4.31. The number of carbonyl (C=O) groups is 1.